The summed E-state index contributed by atoms with van der Waals surface area (Å²) in [6.07, 6.45) is 4.31. The summed E-state index contributed by atoms with van der Waals surface area (Å²) in [7, 11) is -1.93. The van der Waals surface area contributed by atoms with Gasteiger partial charge < -0.3 is 15.0 Å². The quantitative estimate of drug-likeness (QED) is 0.474. The number of hydrogen-bond acceptors (Lipinski definition) is 6. The number of methoxy groups -OCH3 is 1. The van der Waals surface area contributed by atoms with Gasteiger partial charge in [0.25, 0.3) is 5.56 Å². The number of aromatic nitrogens is 2. The Bertz CT molecular complexity index is 1410. The van der Waals surface area contributed by atoms with Crippen molar-refractivity contribution < 1.29 is 13.2 Å². The van der Waals surface area contributed by atoms with Gasteiger partial charge in [-0.2, -0.15) is 0 Å². The van der Waals surface area contributed by atoms with Crippen molar-refractivity contribution in [3.8, 4) is 16.9 Å². The van der Waals surface area contributed by atoms with E-state index >= 15 is 0 Å². The molecule has 8 nitrogen and oxygen atoms in total. The predicted octanol–water partition coefficient (Wildman–Crippen LogP) is 3.36. The number of rotatable bonds is 6. The van der Waals surface area contributed by atoms with Crippen molar-refractivity contribution in [2.24, 2.45) is 5.92 Å². The Balaban J connectivity index is 2.08. The molecule has 0 aliphatic carbocycles. The molecule has 0 radical (unpaired) electrons. The fourth-order valence-electron chi connectivity index (χ4n) is 4.34. The highest BCUT2D eigenvalue weighted by Gasteiger charge is 2.34. The number of hydrogen-bond donors (Lipinski definition) is 3. The summed E-state index contributed by atoms with van der Waals surface area (Å²) in [5.41, 5.74) is 2.47. The van der Waals surface area contributed by atoms with E-state index in [2.05, 4.69) is 35.8 Å². The minimum Gasteiger partial charge on any atom is -0.496 e. The molecule has 0 spiro atoms. The average molecular weight is 505 g/mol. The third kappa shape index (κ3) is 4.57. The van der Waals surface area contributed by atoms with Crippen LogP contribution in [0.3, 0.4) is 0 Å². The molecule has 2 aromatic heterocycles. The van der Waals surface area contributed by atoms with Gasteiger partial charge in [-0.1, -0.05) is 32.4 Å². The van der Waals surface area contributed by atoms with E-state index in [1.165, 1.54) is 0 Å². The first kappa shape index (κ1) is 24.7. The number of sulfonamides is 1. The zero-order valence-corrected chi connectivity index (χ0v) is 21.4. The van der Waals surface area contributed by atoms with Gasteiger partial charge in [0.05, 0.1) is 35.3 Å². The van der Waals surface area contributed by atoms with Crippen LogP contribution in [-0.2, 0) is 15.4 Å². The summed E-state index contributed by atoms with van der Waals surface area (Å²) >= 11 is 7.03. The number of fused-ring (bicyclic) bond motifs is 1. The van der Waals surface area contributed by atoms with Gasteiger partial charge in [0.15, 0.2) is 0 Å². The molecule has 1 atom stereocenters. The second kappa shape index (κ2) is 8.96. The average Bonchev–Trinajstić information content (AvgIpc) is 2.70. The van der Waals surface area contributed by atoms with E-state index in [0.717, 1.165) is 11.8 Å². The molecule has 3 N–H and O–H groups in total. The molecule has 1 saturated heterocycles. The normalized spacial score (nSPS) is 15.8. The Morgan fingerprint density at radius 2 is 1.97 bits per heavy atom. The van der Waals surface area contributed by atoms with Gasteiger partial charge in [-0.05, 0) is 23.6 Å². The van der Waals surface area contributed by atoms with Gasteiger partial charge in [-0.15, -0.1) is 0 Å². The number of halogens is 1. The fraction of sp³-hybridized carbons (Fsp3) is 0.417. The van der Waals surface area contributed by atoms with E-state index in [-0.39, 0.29) is 16.9 Å². The number of aromatic amines is 1. The van der Waals surface area contributed by atoms with Crippen LogP contribution >= 0.6 is 11.6 Å². The number of benzene rings is 1. The van der Waals surface area contributed by atoms with Gasteiger partial charge in [0, 0.05) is 53.7 Å². The minimum atomic E-state index is -3.51. The molecule has 3 aromatic rings. The molecule has 1 unspecified atom stereocenters. The lowest BCUT2D eigenvalue weighted by atomic mass is 9.82. The number of ether oxygens (including phenoxy) is 1. The van der Waals surface area contributed by atoms with Crippen molar-refractivity contribution >= 4 is 32.5 Å². The number of nitrogens with zero attached hydrogens (tertiary/aromatic N) is 1. The Labute approximate surface area is 204 Å². The first-order valence-corrected chi connectivity index (χ1v) is 13.2. The van der Waals surface area contributed by atoms with Crippen LogP contribution in [-0.4, -0.2) is 44.8 Å². The molecule has 1 aromatic carbocycles. The van der Waals surface area contributed by atoms with Crippen molar-refractivity contribution in [3.05, 3.63) is 57.1 Å². The zero-order valence-electron chi connectivity index (χ0n) is 19.8. The molecule has 0 bridgehead atoms. The summed E-state index contributed by atoms with van der Waals surface area (Å²) in [6.45, 7) is 7.47. The van der Waals surface area contributed by atoms with E-state index in [4.69, 9.17) is 21.3 Å². The highest BCUT2D eigenvalue weighted by Crippen LogP contribution is 2.46. The summed E-state index contributed by atoms with van der Waals surface area (Å²) in [4.78, 5) is 20.1. The van der Waals surface area contributed by atoms with Crippen LogP contribution in [0.25, 0.3) is 22.0 Å². The molecule has 0 saturated carbocycles. The lowest BCUT2D eigenvalue weighted by Gasteiger charge is -2.35. The van der Waals surface area contributed by atoms with Crippen molar-refractivity contribution in [1.82, 2.24) is 20.0 Å². The molecule has 182 valence electrons. The fourth-order valence-corrected chi connectivity index (χ4v) is 5.47. The van der Waals surface area contributed by atoms with Crippen molar-refractivity contribution in [2.45, 2.75) is 32.2 Å². The van der Waals surface area contributed by atoms with Crippen LogP contribution in [0.4, 0.5) is 0 Å². The maximum Gasteiger partial charge on any atom is 0.255 e. The van der Waals surface area contributed by atoms with Crippen LogP contribution < -0.4 is 20.3 Å². The summed E-state index contributed by atoms with van der Waals surface area (Å²) < 4.78 is 32.9. The lowest BCUT2D eigenvalue weighted by molar-refractivity contribution is 0.280. The third-order valence-corrected chi connectivity index (χ3v) is 7.23. The highest BCUT2D eigenvalue weighted by atomic mass is 35.5. The second-order valence-electron chi connectivity index (χ2n) is 9.71. The zero-order chi connectivity index (χ0) is 24.8. The van der Waals surface area contributed by atoms with E-state index in [1.807, 2.05) is 6.07 Å². The number of pyridine rings is 2. The molecule has 1 aliphatic heterocycles. The lowest BCUT2D eigenvalue weighted by Crippen LogP contribution is -2.50. The maximum atomic E-state index is 12.7. The van der Waals surface area contributed by atoms with Gasteiger partial charge in [0.2, 0.25) is 10.0 Å². The Kier molecular flexibility index (Phi) is 6.50. The van der Waals surface area contributed by atoms with Crippen LogP contribution in [0.2, 0.25) is 5.02 Å². The Morgan fingerprint density at radius 1 is 1.26 bits per heavy atom. The van der Waals surface area contributed by atoms with E-state index in [0.29, 0.717) is 51.5 Å². The monoisotopic (exact) mass is 504 g/mol. The standard InChI is InChI=1S/C24H29ClN4O4S/c1-24(2,3)17-9-15(14-7-6-8-27-23(14)30)21-18(22(17)33-4)19(25)16(12-28-21)20(13-10-26-11-13)29-34(5,31)32/h6-9,12-13,20,26,29H,10-11H2,1-5H3,(H,27,30). The Morgan fingerprint density at radius 3 is 2.50 bits per heavy atom. The molecular weight excluding hydrogens is 476 g/mol. The van der Waals surface area contributed by atoms with Crippen LogP contribution in [0.15, 0.2) is 35.4 Å². The molecule has 4 rings (SSSR count). The van der Waals surface area contributed by atoms with Gasteiger partial charge in [-0.3, -0.25) is 9.78 Å². The minimum absolute atomic E-state index is 0.0275. The van der Waals surface area contributed by atoms with E-state index in [9.17, 15) is 13.2 Å². The van der Waals surface area contributed by atoms with Gasteiger partial charge in [0.1, 0.15) is 5.75 Å². The molecule has 10 heteroatoms. The van der Waals surface area contributed by atoms with Crippen molar-refractivity contribution in [1.29, 1.82) is 0 Å². The summed E-state index contributed by atoms with van der Waals surface area (Å²) in [6, 6.07) is 4.88. The molecule has 34 heavy (non-hydrogen) atoms. The summed E-state index contributed by atoms with van der Waals surface area (Å²) in [5.74, 6) is 0.586. The highest BCUT2D eigenvalue weighted by molar-refractivity contribution is 7.88. The second-order valence-corrected chi connectivity index (χ2v) is 11.9. The van der Waals surface area contributed by atoms with Crippen LogP contribution in [0.1, 0.15) is 37.9 Å². The SMILES string of the molecule is COc1c(C(C)(C)C)cc(-c2ccc[nH]c2=O)c2ncc(C(NS(C)(=O)=O)C3CNC3)c(Cl)c12. The van der Waals surface area contributed by atoms with Crippen LogP contribution in [0, 0.1) is 5.92 Å². The first-order chi connectivity index (χ1) is 15.9. The molecule has 3 heterocycles. The first-order valence-electron chi connectivity index (χ1n) is 11.0. The number of nitrogens with one attached hydrogen (secondary N) is 3. The Hall–Kier alpha value is -2.46. The predicted molar refractivity (Wildman–Crippen MR) is 135 cm³/mol. The van der Waals surface area contributed by atoms with E-state index < -0.39 is 16.1 Å². The maximum absolute atomic E-state index is 12.7. The molecule has 1 aliphatic rings. The van der Waals surface area contributed by atoms with Crippen molar-refractivity contribution in [3.63, 3.8) is 0 Å². The molecular formula is C24H29ClN4O4S. The smallest absolute Gasteiger partial charge is 0.255 e. The van der Waals surface area contributed by atoms with Crippen LogP contribution in [0.5, 0.6) is 5.75 Å². The van der Waals surface area contributed by atoms with Gasteiger partial charge in [-0.25, -0.2) is 13.1 Å². The molecule has 1 fully saturated rings. The van der Waals surface area contributed by atoms with E-state index in [1.54, 1.807) is 31.6 Å². The number of H-pyrrole nitrogens is 1. The summed E-state index contributed by atoms with van der Waals surface area (Å²) in [5, 5.41) is 4.09. The molecule has 0 amide bonds. The van der Waals surface area contributed by atoms with Crippen molar-refractivity contribution in [2.75, 3.05) is 26.5 Å². The largest absolute Gasteiger partial charge is 0.496 e. The van der Waals surface area contributed by atoms with Gasteiger partial charge >= 0.3 is 0 Å². The third-order valence-electron chi connectivity index (χ3n) is 6.14. The topological polar surface area (TPSA) is 113 Å².